The number of halogens is 1. The number of ether oxygens (including phenoxy) is 1. The van der Waals surface area contributed by atoms with Gasteiger partial charge in [0, 0.05) is 30.6 Å². The zero-order valence-electron chi connectivity index (χ0n) is 16.9. The van der Waals surface area contributed by atoms with Gasteiger partial charge in [-0.3, -0.25) is 4.79 Å². The van der Waals surface area contributed by atoms with Crippen molar-refractivity contribution in [2.45, 2.75) is 37.0 Å². The topological polar surface area (TPSA) is 101 Å². The Morgan fingerprint density at radius 3 is 2.87 bits per heavy atom. The third kappa shape index (κ3) is 3.67. The van der Waals surface area contributed by atoms with E-state index in [1.165, 1.54) is 0 Å². The third-order valence-corrected chi connectivity index (χ3v) is 8.51. The average molecular weight is 447 g/mol. The van der Waals surface area contributed by atoms with Crippen molar-refractivity contribution in [3.63, 3.8) is 0 Å². The number of anilines is 1. The highest BCUT2D eigenvalue weighted by Crippen LogP contribution is 2.50. The Kier molecular flexibility index (Phi) is 4.93. The van der Waals surface area contributed by atoms with Gasteiger partial charge >= 0.3 is 6.01 Å². The monoisotopic (exact) mass is 446 g/mol. The summed E-state index contributed by atoms with van der Waals surface area (Å²) in [6.45, 7) is 1.12. The standard InChI is InChI=1S/C21H23FN4O4S/c22-16-9-23-20(24-10-16)30-13-21-7-1-2-15(21)11-26(12-21)31(28,29)17-4-5-18-14(8-17)3-6-19(27)25-18/h4-5,8-10,15H,1-3,6-7,11-13H2,(H,25,27). The maximum atomic E-state index is 13.4. The predicted octanol–water partition coefficient (Wildman–Crippen LogP) is 2.37. The lowest BCUT2D eigenvalue weighted by molar-refractivity contribution is -0.116. The maximum Gasteiger partial charge on any atom is 0.316 e. The summed E-state index contributed by atoms with van der Waals surface area (Å²) in [5.41, 5.74) is 1.22. The van der Waals surface area contributed by atoms with Gasteiger partial charge in [0.1, 0.15) is 0 Å². The fourth-order valence-electron chi connectivity index (χ4n) is 5.04. The Bertz CT molecular complexity index is 1120. The maximum absolute atomic E-state index is 13.4. The number of fused-ring (bicyclic) bond motifs is 2. The summed E-state index contributed by atoms with van der Waals surface area (Å²) in [5, 5.41) is 2.78. The summed E-state index contributed by atoms with van der Waals surface area (Å²) in [5.74, 6) is -0.394. The van der Waals surface area contributed by atoms with Crippen molar-refractivity contribution in [2.24, 2.45) is 11.3 Å². The first-order valence-electron chi connectivity index (χ1n) is 10.4. The molecule has 1 saturated carbocycles. The van der Waals surface area contributed by atoms with Crippen LogP contribution in [0.2, 0.25) is 0 Å². The minimum Gasteiger partial charge on any atom is -0.463 e. The number of hydrogen-bond donors (Lipinski definition) is 1. The number of aryl methyl sites for hydroxylation is 1. The molecule has 3 aliphatic rings. The van der Waals surface area contributed by atoms with Crippen molar-refractivity contribution in [3.05, 3.63) is 42.0 Å². The van der Waals surface area contributed by atoms with Gasteiger partial charge < -0.3 is 10.1 Å². The molecule has 1 aliphatic carbocycles. The highest BCUT2D eigenvalue weighted by Gasteiger charge is 2.53. The molecule has 2 aromatic rings. The molecule has 0 bridgehead atoms. The van der Waals surface area contributed by atoms with Crippen LogP contribution in [-0.4, -0.2) is 48.3 Å². The molecule has 31 heavy (non-hydrogen) atoms. The largest absolute Gasteiger partial charge is 0.463 e. The quantitative estimate of drug-likeness (QED) is 0.757. The molecule has 8 nitrogen and oxygen atoms in total. The van der Waals surface area contributed by atoms with Crippen LogP contribution in [0.15, 0.2) is 35.5 Å². The number of benzene rings is 1. The molecule has 2 fully saturated rings. The Hall–Kier alpha value is -2.59. The first-order valence-corrected chi connectivity index (χ1v) is 11.8. The number of nitrogens with zero attached hydrogens (tertiary/aromatic N) is 3. The molecule has 10 heteroatoms. The van der Waals surface area contributed by atoms with E-state index in [4.69, 9.17) is 4.74 Å². The van der Waals surface area contributed by atoms with Gasteiger partial charge in [0.2, 0.25) is 15.9 Å². The first kappa shape index (κ1) is 20.3. The van der Waals surface area contributed by atoms with Crippen LogP contribution < -0.4 is 10.1 Å². The Labute approximate surface area is 179 Å². The van der Waals surface area contributed by atoms with Crippen molar-refractivity contribution < 1.29 is 22.3 Å². The van der Waals surface area contributed by atoms with E-state index >= 15 is 0 Å². The van der Waals surface area contributed by atoms with Crippen LogP contribution >= 0.6 is 0 Å². The van der Waals surface area contributed by atoms with Gasteiger partial charge in [-0.1, -0.05) is 6.42 Å². The smallest absolute Gasteiger partial charge is 0.316 e. The van der Waals surface area contributed by atoms with Crippen molar-refractivity contribution >= 4 is 21.6 Å². The van der Waals surface area contributed by atoms with E-state index in [1.54, 1.807) is 22.5 Å². The zero-order valence-corrected chi connectivity index (χ0v) is 17.7. The molecule has 1 N–H and O–H groups in total. The number of carbonyl (C=O) groups excluding carboxylic acids is 1. The van der Waals surface area contributed by atoms with Crippen molar-refractivity contribution in [1.82, 2.24) is 14.3 Å². The molecule has 0 radical (unpaired) electrons. The summed E-state index contributed by atoms with van der Waals surface area (Å²) in [4.78, 5) is 19.5. The van der Waals surface area contributed by atoms with E-state index in [-0.39, 0.29) is 28.1 Å². The van der Waals surface area contributed by atoms with Crippen LogP contribution in [-0.2, 0) is 21.2 Å². The highest BCUT2D eigenvalue weighted by molar-refractivity contribution is 7.89. The van der Waals surface area contributed by atoms with Gasteiger partial charge in [0.25, 0.3) is 0 Å². The summed E-state index contributed by atoms with van der Waals surface area (Å²) in [7, 11) is -3.67. The Balaban J connectivity index is 1.35. The van der Waals surface area contributed by atoms with E-state index < -0.39 is 15.8 Å². The lowest BCUT2D eigenvalue weighted by Gasteiger charge is -2.28. The van der Waals surface area contributed by atoms with E-state index in [1.807, 2.05) is 0 Å². The number of hydrogen-bond acceptors (Lipinski definition) is 6. The second kappa shape index (κ2) is 7.52. The number of carbonyl (C=O) groups is 1. The first-order chi connectivity index (χ1) is 14.9. The summed E-state index contributed by atoms with van der Waals surface area (Å²) >= 11 is 0. The third-order valence-electron chi connectivity index (χ3n) is 6.70. The van der Waals surface area contributed by atoms with Crippen LogP contribution in [0.5, 0.6) is 6.01 Å². The second-order valence-corrected chi connectivity index (χ2v) is 10.5. The zero-order chi connectivity index (χ0) is 21.6. The minimum atomic E-state index is -3.67. The van der Waals surface area contributed by atoms with Crippen LogP contribution in [0, 0.1) is 17.2 Å². The van der Waals surface area contributed by atoms with Gasteiger partial charge in [0.15, 0.2) is 5.82 Å². The molecule has 164 valence electrons. The minimum absolute atomic E-state index is 0.0532. The number of aromatic nitrogens is 2. The average Bonchev–Trinajstić information content (AvgIpc) is 3.31. The number of amides is 1. The molecule has 2 unspecified atom stereocenters. The van der Waals surface area contributed by atoms with Crippen LogP contribution in [0.25, 0.3) is 0 Å². The van der Waals surface area contributed by atoms with Crippen LogP contribution in [0.4, 0.5) is 10.1 Å². The highest BCUT2D eigenvalue weighted by atomic mass is 32.2. The fourth-order valence-corrected chi connectivity index (χ4v) is 6.67. The molecule has 1 amide bonds. The predicted molar refractivity (Wildman–Crippen MR) is 109 cm³/mol. The molecule has 1 aromatic carbocycles. The fraction of sp³-hybridized carbons (Fsp3) is 0.476. The summed E-state index contributed by atoms with van der Waals surface area (Å²) in [6, 6.07) is 5.00. The molecule has 1 saturated heterocycles. The van der Waals surface area contributed by atoms with E-state index in [0.717, 1.165) is 37.2 Å². The number of sulfonamides is 1. The van der Waals surface area contributed by atoms with Crippen molar-refractivity contribution in [2.75, 3.05) is 25.0 Å². The van der Waals surface area contributed by atoms with E-state index in [9.17, 15) is 17.6 Å². The van der Waals surface area contributed by atoms with E-state index in [2.05, 4.69) is 15.3 Å². The number of rotatable bonds is 5. The molecule has 2 atom stereocenters. The SMILES string of the molecule is O=C1CCc2cc(S(=O)(=O)N3CC4CCCC4(COc4ncc(F)cn4)C3)ccc2N1. The van der Waals surface area contributed by atoms with Gasteiger partial charge in [0.05, 0.1) is 23.9 Å². The second-order valence-electron chi connectivity index (χ2n) is 8.59. The van der Waals surface area contributed by atoms with Crippen molar-refractivity contribution in [1.29, 1.82) is 0 Å². The van der Waals surface area contributed by atoms with Crippen LogP contribution in [0.3, 0.4) is 0 Å². The summed E-state index contributed by atoms with van der Waals surface area (Å²) in [6.07, 6.45) is 5.81. The van der Waals surface area contributed by atoms with Crippen molar-refractivity contribution in [3.8, 4) is 6.01 Å². The normalized spacial score (nSPS) is 25.7. The molecule has 1 aromatic heterocycles. The molecule has 2 aliphatic heterocycles. The Morgan fingerprint density at radius 2 is 2.06 bits per heavy atom. The summed E-state index contributed by atoms with van der Waals surface area (Å²) < 4.78 is 47.1. The molecule has 5 rings (SSSR count). The lowest BCUT2D eigenvalue weighted by Crippen LogP contribution is -2.36. The van der Waals surface area contributed by atoms with E-state index in [0.29, 0.717) is 38.2 Å². The van der Waals surface area contributed by atoms with Gasteiger partial charge in [-0.2, -0.15) is 4.31 Å². The van der Waals surface area contributed by atoms with Gasteiger partial charge in [-0.05, 0) is 48.9 Å². The van der Waals surface area contributed by atoms with Crippen LogP contribution in [0.1, 0.15) is 31.2 Å². The number of nitrogens with one attached hydrogen (secondary N) is 1. The van der Waals surface area contributed by atoms with Gasteiger partial charge in [-0.15, -0.1) is 0 Å². The molecule has 3 heterocycles. The lowest BCUT2D eigenvalue weighted by atomic mass is 9.82. The molecule has 0 spiro atoms. The molecular weight excluding hydrogens is 423 g/mol. The van der Waals surface area contributed by atoms with Gasteiger partial charge in [-0.25, -0.2) is 22.8 Å². The Morgan fingerprint density at radius 1 is 1.26 bits per heavy atom. The molecular formula is C21H23FN4O4S.